The molecule has 1 aromatic carbocycles. The fourth-order valence-electron chi connectivity index (χ4n) is 2.88. The number of hydrogen-bond acceptors (Lipinski definition) is 4. The van der Waals surface area contributed by atoms with Crippen molar-refractivity contribution in [1.29, 1.82) is 0 Å². The van der Waals surface area contributed by atoms with Crippen LogP contribution in [0.4, 0.5) is 10.1 Å². The Balaban J connectivity index is 1.53. The summed E-state index contributed by atoms with van der Waals surface area (Å²) in [7, 11) is 1.73. The van der Waals surface area contributed by atoms with Gasteiger partial charge in [0.1, 0.15) is 5.82 Å². The zero-order valence-corrected chi connectivity index (χ0v) is 16.0. The molecule has 5 nitrogen and oxygen atoms in total. The minimum atomic E-state index is -0.191. The van der Waals surface area contributed by atoms with E-state index < -0.39 is 0 Å². The van der Waals surface area contributed by atoms with Crippen LogP contribution in [0.25, 0.3) is 0 Å². The van der Waals surface area contributed by atoms with Crippen LogP contribution in [0.5, 0.6) is 0 Å². The highest BCUT2D eigenvalue weighted by atomic mass is 32.1. The van der Waals surface area contributed by atoms with Crippen LogP contribution in [0, 0.1) is 12.7 Å². The van der Waals surface area contributed by atoms with E-state index >= 15 is 0 Å². The summed E-state index contributed by atoms with van der Waals surface area (Å²) in [6, 6.07) is 9.61. The van der Waals surface area contributed by atoms with Gasteiger partial charge in [-0.25, -0.2) is 4.39 Å². The summed E-state index contributed by atoms with van der Waals surface area (Å²) in [4.78, 5) is 8.80. The van der Waals surface area contributed by atoms with Gasteiger partial charge in [0.05, 0.1) is 25.4 Å². The maximum Gasteiger partial charge on any atom is 0.191 e. The Kier molecular flexibility index (Phi) is 6.46. The summed E-state index contributed by atoms with van der Waals surface area (Å²) in [5, 5.41) is 6.51. The molecular formula is C19H25FN4OS. The average Bonchev–Trinajstić information content (AvgIpc) is 3.08. The highest BCUT2D eigenvalue weighted by Gasteiger charge is 2.15. The summed E-state index contributed by atoms with van der Waals surface area (Å²) < 4.78 is 19.8. The van der Waals surface area contributed by atoms with E-state index in [1.165, 1.54) is 9.75 Å². The average molecular weight is 377 g/mol. The Morgan fingerprint density at radius 1 is 1.19 bits per heavy atom. The van der Waals surface area contributed by atoms with Crippen molar-refractivity contribution in [1.82, 2.24) is 10.6 Å². The van der Waals surface area contributed by atoms with Gasteiger partial charge in [-0.3, -0.25) is 4.99 Å². The number of anilines is 1. The molecule has 140 valence electrons. The quantitative estimate of drug-likeness (QED) is 0.622. The number of nitrogens with zero attached hydrogens (tertiary/aromatic N) is 2. The van der Waals surface area contributed by atoms with Crippen molar-refractivity contribution in [3.8, 4) is 0 Å². The Morgan fingerprint density at radius 3 is 2.62 bits per heavy atom. The molecule has 26 heavy (non-hydrogen) atoms. The molecule has 1 fully saturated rings. The van der Waals surface area contributed by atoms with Crippen molar-refractivity contribution < 1.29 is 9.13 Å². The number of aliphatic imine (C=N–C) groups is 1. The molecule has 0 bridgehead atoms. The number of morpholine rings is 1. The van der Waals surface area contributed by atoms with E-state index in [-0.39, 0.29) is 5.82 Å². The Labute approximate surface area is 157 Å². The van der Waals surface area contributed by atoms with E-state index in [9.17, 15) is 4.39 Å². The van der Waals surface area contributed by atoms with E-state index in [0.717, 1.165) is 25.2 Å². The van der Waals surface area contributed by atoms with Crippen LogP contribution in [0.15, 0.2) is 35.3 Å². The normalized spacial score (nSPS) is 15.2. The molecule has 3 rings (SSSR count). The largest absolute Gasteiger partial charge is 0.378 e. The fraction of sp³-hybridized carbons (Fsp3) is 0.421. The van der Waals surface area contributed by atoms with Gasteiger partial charge in [0, 0.05) is 36.4 Å². The smallest absolute Gasteiger partial charge is 0.191 e. The highest BCUT2D eigenvalue weighted by molar-refractivity contribution is 7.11. The van der Waals surface area contributed by atoms with Crippen molar-refractivity contribution in [3.63, 3.8) is 0 Å². The van der Waals surface area contributed by atoms with Gasteiger partial charge < -0.3 is 20.3 Å². The van der Waals surface area contributed by atoms with Gasteiger partial charge in [0.15, 0.2) is 5.96 Å². The molecule has 0 saturated carbocycles. The lowest BCUT2D eigenvalue weighted by Crippen LogP contribution is -2.37. The van der Waals surface area contributed by atoms with Gasteiger partial charge >= 0.3 is 0 Å². The SMILES string of the molecule is CN=C(NCc1ccc(N2CCOCC2)c(F)c1)NCc1ccc(C)s1. The van der Waals surface area contributed by atoms with E-state index in [1.807, 2.05) is 17.0 Å². The van der Waals surface area contributed by atoms with E-state index in [4.69, 9.17) is 4.74 Å². The molecule has 2 heterocycles. The Hall–Kier alpha value is -2.12. The fourth-order valence-corrected chi connectivity index (χ4v) is 3.71. The lowest BCUT2D eigenvalue weighted by molar-refractivity contribution is 0.122. The molecule has 2 aromatic rings. The minimum absolute atomic E-state index is 0.191. The van der Waals surface area contributed by atoms with Crippen LogP contribution in [-0.2, 0) is 17.8 Å². The first kappa shape index (κ1) is 18.7. The third-order valence-electron chi connectivity index (χ3n) is 4.27. The first-order valence-electron chi connectivity index (χ1n) is 8.76. The topological polar surface area (TPSA) is 48.9 Å². The molecule has 1 saturated heterocycles. The standard InChI is InChI=1S/C19H25FN4OS/c1-14-3-5-16(26-14)13-23-19(21-2)22-12-15-4-6-18(17(20)11-15)24-7-9-25-10-8-24/h3-6,11H,7-10,12-13H2,1-2H3,(H2,21,22,23). The minimum Gasteiger partial charge on any atom is -0.378 e. The highest BCUT2D eigenvalue weighted by Crippen LogP contribution is 2.21. The number of guanidine groups is 1. The van der Waals surface area contributed by atoms with Gasteiger partial charge in [-0.15, -0.1) is 11.3 Å². The number of rotatable bonds is 5. The predicted octanol–water partition coefficient (Wildman–Crippen LogP) is 2.90. The monoisotopic (exact) mass is 376 g/mol. The lowest BCUT2D eigenvalue weighted by Gasteiger charge is -2.29. The van der Waals surface area contributed by atoms with E-state index in [1.54, 1.807) is 24.5 Å². The van der Waals surface area contributed by atoms with E-state index in [2.05, 4.69) is 34.7 Å². The number of halogens is 1. The summed E-state index contributed by atoms with van der Waals surface area (Å²) in [6.45, 7) is 6.09. The second-order valence-electron chi connectivity index (χ2n) is 6.18. The van der Waals surface area contributed by atoms with Crippen LogP contribution < -0.4 is 15.5 Å². The number of hydrogen-bond donors (Lipinski definition) is 2. The van der Waals surface area contributed by atoms with Crippen LogP contribution in [0.3, 0.4) is 0 Å². The Bertz CT molecular complexity index is 756. The predicted molar refractivity (Wildman–Crippen MR) is 106 cm³/mol. The molecule has 0 spiro atoms. The molecule has 7 heteroatoms. The van der Waals surface area contributed by atoms with Crippen molar-refractivity contribution in [2.75, 3.05) is 38.3 Å². The summed E-state index contributed by atoms with van der Waals surface area (Å²) in [5.74, 6) is 0.511. The van der Waals surface area contributed by atoms with Crippen molar-refractivity contribution in [2.24, 2.45) is 4.99 Å². The zero-order valence-electron chi connectivity index (χ0n) is 15.2. The van der Waals surface area contributed by atoms with Crippen molar-refractivity contribution in [3.05, 3.63) is 51.5 Å². The molecule has 2 N–H and O–H groups in total. The lowest BCUT2D eigenvalue weighted by atomic mass is 10.1. The summed E-state index contributed by atoms with van der Waals surface area (Å²) in [6.07, 6.45) is 0. The number of benzene rings is 1. The zero-order chi connectivity index (χ0) is 18.4. The van der Waals surface area contributed by atoms with Gasteiger partial charge in [-0.1, -0.05) is 6.07 Å². The molecular weight excluding hydrogens is 351 g/mol. The summed E-state index contributed by atoms with van der Waals surface area (Å²) >= 11 is 1.76. The van der Waals surface area contributed by atoms with Crippen LogP contribution >= 0.6 is 11.3 Å². The first-order chi connectivity index (χ1) is 12.7. The molecule has 0 radical (unpaired) electrons. The number of aryl methyl sites for hydroxylation is 1. The molecule has 0 amide bonds. The van der Waals surface area contributed by atoms with Gasteiger partial charge in [-0.2, -0.15) is 0 Å². The molecule has 1 aromatic heterocycles. The van der Waals surface area contributed by atoms with Crippen molar-refractivity contribution >= 4 is 23.0 Å². The second kappa shape index (κ2) is 9.00. The molecule has 1 aliphatic rings. The van der Waals surface area contributed by atoms with E-state index in [0.29, 0.717) is 31.4 Å². The van der Waals surface area contributed by atoms with Crippen LogP contribution in [-0.4, -0.2) is 39.3 Å². The van der Waals surface area contributed by atoms with Crippen LogP contribution in [0.1, 0.15) is 15.3 Å². The third-order valence-corrected chi connectivity index (χ3v) is 5.27. The third kappa shape index (κ3) is 4.95. The van der Waals surface area contributed by atoms with Crippen molar-refractivity contribution in [2.45, 2.75) is 20.0 Å². The maximum absolute atomic E-state index is 14.5. The molecule has 1 aliphatic heterocycles. The molecule has 0 aliphatic carbocycles. The van der Waals surface area contributed by atoms with Gasteiger partial charge in [0.25, 0.3) is 0 Å². The first-order valence-corrected chi connectivity index (χ1v) is 9.58. The maximum atomic E-state index is 14.5. The summed E-state index contributed by atoms with van der Waals surface area (Å²) in [5.41, 5.74) is 1.53. The number of thiophene rings is 1. The van der Waals surface area contributed by atoms with Gasteiger partial charge in [0.2, 0.25) is 0 Å². The molecule has 0 unspecified atom stereocenters. The second-order valence-corrected chi connectivity index (χ2v) is 7.55. The molecule has 0 atom stereocenters. The Morgan fingerprint density at radius 2 is 1.96 bits per heavy atom. The number of nitrogens with one attached hydrogen (secondary N) is 2. The number of ether oxygens (including phenoxy) is 1. The van der Waals surface area contributed by atoms with Crippen LogP contribution in [0.2, 0.25) is 0 Å². The van der Waals surface area contributed by atoms with Gasteiger partial charge in [-0.05, 0) is 36.8 Å².